The molecule has 3 rings (SSSR count). The summed E-state index contributed by atoms with van der Waals surface area (Å²) in [5.74, 6) is 7.31. The van der Waals surface area contributed by atoms with E-state index in [1.165, 1.54) is 15.3 Å². The fourth-order valence-electron chi connectivity index (χ4n) is 2.85. The zero-order chi connectivity index (χ0) is 13.9. The van der Waals surface area contributed by atoms with Crippen molar-refractivity contribution in [2.24, 2.45) is 5.84 Å². The molecule has 3 N–H and O–H groups in total. The van der Waals surface area contributed by atoms with Crippen LogP contribution in [-0.4, -0.2) is 6.61 Å². The summed E-state index contributed by atoms with van der Waals surface area (Å²) in [6.45, 7) is 2.92. The molecule has 3 nitrogen and oxygen atoms in total. The van der Waals surface area contributed by atoms with Gasteiger partial charge in [0, 0.05) is 9.75 Å². The van der Waals surface area contributed by atoms with Crippen molar-refractivity contribution < 1.29 is 4.74 Å². The van der Waals surface area contributed by atoms with E-state index in [1.807, 2.05) is 17.4 Å². The predicted octanol–water partition coefficient (Wildman–Crippen LogP) is 3.52. The number of fused-ring (bicyclic) bond motifs is 1. The van der Waals surface area contributed by atoms with Crippen LogP contribution in [-0.2, 0) is 0 Å². The highest BCUT2D eigenvalue weighted by atomic mass is 32.1. The average Bonchev–Trinajstić information content (AvgIpc) is 2.91. The molecule has 2 heterocycles. The van der Waals surface area contributed by atoms with Crippen molar-refractivity contribution in [3.63, 3.8) is 0 Å². The van der Waals surface area contributed by atoms with Crippen molar-refractivity contribution in [3.8, 4) is 5.75 Å². The maximum Gasteiger partial charge on any atom is 0.122 e. The van der Waals surface area contributed by atoms with Crippen LogP contribution < -0.4 is 16.0 Å². The molecule has 0 aliphatic carbocycles. The summed E-state index contributed by atoms with van der Waals surface area (Å²) in [4.78, 5) is 2.64. The fraction of sp³-hybridized carbons (Fsp3) is 0.375. The fourth-order valence-corrected chi connectivity index (χ4v) is 3.80. The summed E-state index contributed by atoms with van der Waals surface area (Å²) < 4.78 is 5.73. The maximum absolute atomic E-state index is 5.78. The Kier molecular flexibility index (Phi) is 4.05. The minimum Gasteiger partial charge on any atom is -0.493 e. The van der Waals surface area contributed by atoms with E-state index < -0.39 is 0 Å². The first kappa shape index (κ1) is 13.6. The van der Waals surface area contributed by atoms with Crippen LogP contribution in [0.1, 0.15) is 40.1 Å². The van der Waals surface area contributed by atoms with Gasteiger partial charge in [0.15, 0.2) is 0 Å². The zero-order valence-corrected chi connectivity index (χ0v) is 12.5. The number of thiophene rings is 1. The third-order valence-electron chi connectivity index (χ3n) is 3.91. The number of aryl methyl sites for hydroxylation is 1. The van der Waals surface area contributed by atoms with Gasteiger partial charge in [0.05, 0.1) is 12.6 Å². The number of nitrogens with one attached hydrogen (secondary N) is 1. The predicted molar refractivity (Wildman–Crippen MR) is 83.0 cm³/mol. The number of para-hydroxylation sites is 1. The smallest absolute Gasteiger partial charge is 0.122 e. The summed E-state index contributed by atoms with van der Waals surface area (Å²) in [6.07, 6.45) is 2.07. The number of nitrogens with two attached hydrogens (primary N) is 1. The van der Waals surface area contributed by atoms with Gasteiger partial charge in [-0.15, -0.1) is 11.3 Å². The topological polar surface area (TPSA) is 47.3 Å². The first-order valence-electron chi connectivity index (χ1n) is 7.02. The molecule has 0 fully saturated rings. The van der Waals surface area contributed by atoms with Crippen molar-refractivity contribution in [2.75, 3.05) is 6.61 Å². The highest BCUT2D eigenvalue weighted by Crippen LogP contribution is 2.39. The molecule has 1 aromatic heterocycles. The zero-order valence-electron chi connectivity index (χ0n) is 11.6. The molecule has 2 unspecified atom stereocenters. The molecule has 2 aromatic rings. The maximum atomic E-state index is 5.78. The molecule has 0 saturated heterocycles. The summed E-state index contributed by atoms with van der Waals surface area (Å²) in [5.41, 5.74) is 4.29. The Morgan fingerprint density at radius 2 is 2.20 bits per heavy atom. The Morgan fingerprint density at radius 3 is 2.95 bits per heavy atom. The summed E-state index contributed by atoms with van der Waals surface area (Å²) >= 11 is 1.82. The van der Waals surface area contributed by atoms with Crippen LogP contribution >= 0.6 is 11.3 Å². The Morgan fingerprint density at radius 1 is 1.35 bits per heavy atom. The van der Waals surface area contributed by atoms with E-state index in [9.17, 15) is 0 Å². The number of rotatable bonds is 4. The number of ether oxygens (including phenoxy) is 1. The second-order valence-electron chi connectivity index (χ2n) is 5.28. The number of hydrogen-bond acceptors (Lipinski definition) is 4. The standard InChI is InChI=1S/C16H20N2OS/c1-11-6-7-16(20-11)14(18-17)10-12-8-9-19-15-5-3-2-4-13(12)15/h2-7,12,14,18H,8-10,17H2,1H3. The summed E-state index contributed by atoms with van der Waals surface area (Å²) in [7, 11) is 0. The van der Waals surface area contributed by atoms with Gasteiger partial charge in [-0.05, 0) is 49.4 Å². The first-order valence-corrected chi connectivity index (χ1v) is 7.84. The number of hydrogen-bond donors (Lipinski definition) is 2. The highest BCUT2D eigenvalue weighted by molar-refractivity contribution is 7.12. The molecular formula is C16H20N2OS. The van der Waals surface area contributed by atoms with Gasteiger partial charge in [0.2, 0.25) is 0 Å². The van der Waals surface area contributed by atoms with Crippen LogP contribution in [0.4, 0.5) is 0 Å². The van der Waals surface area contributed by atoms with Crippen LogP contribution in [0.25, 0.3) is 0 Å². The molecule has 0 amide bonds. The Balaban J connectivity index is 1.80. The van der Waals surface area contributed by atoms with E-state index >= 15 is 0 Å². The van der Waals surface area contributed by atoms with Crippen molar-refractivity contribution in [1.82, 2.24) is 5.43 Å². The average molecular weight is 288 g/mol. The lowest BCUT2D eigenvalue weighted by atomic mass is 9.87. The first-order chi connectivity index (χ1) is 9.78. The minimum atomic E-state index is 0.213. The van der Waals surface area contributed by atoms with Gasteiger partial charge in [-0.2, -0.15) is 0 Å². The van der Waals surface area contributed by atoms with Gasteiger partial charge in [-0.25, -0.2) is 0 Å². The third kappa shape index (κ3) is 2.73. The van der Waals surface area contributed by atoms with E-state index in [-0.39, 0.29) is 6.04 Å². The van der Waals surface area contributed by atoms with Crippen LogP contribution in [0, 0.1) is 6.92 Å². The van der Waals surface area contributed by atoms with E-state index in [1.54, 1.807) is 0 Å². The quantitative estimate of drug-likeness (QED) is 0.668. The van der Waals surface area contributed by atoms with Gasteiger partial charge in [-0.3, -0.25) is 11.3 Å². The number of benzene rings is 1. The van der Waals surface area contributed by atoms with Crippen LogP contribution in [0.2, 0.25) is 0 Å². The van der Waals surface area contributed by atoms with Crippen LogP contribution in [0.5, 0.6) is 5.75 Å². The molecule has 0 spiro atoms. The highest BCUT2D eigenvalue weighted by Gasteiger charge is 2.25. The van der Waals surface area contributed by atoms with Crippen molar-refractivity contribution in [1.29, 1.82) is 0 Å². The molecule has 1 aromatic carbocycles. The Labute approximate surface area is 123 Å². The molecule has 106 valence electrons. The molecule has 20 heavy (non-hydrogen) atoms. The molecule has 4 heteroatoms. The lowest BCUT2D eigenvalue weighted by Crippen LogP contribution is -2.29. The summed E-state index contributed by atoms with van der Waals surface area (Å²) in [5, 5.41) is 0. The molecule has 0 saturated carbocycles. The van der Waals surface area contributed by atoms with Crippen molar-refractivity contribution >= 4 is 11.3 Å². The van der Waals surface area contributed by atoms with Gasteiger partial charge in [0.25, 0.3) is 0 Å². The third-order valence-corrected chi connectivity index (χ3v) is 5.02. The van der Waals surface area contributed by atoms with Crippen LogP contribution in [0.3, 0.4) is 0 Å². The van der Waals surface area contributed by atoms with Gasteiger partial charge >= 0.3 is 0 Å². The van der Waals surface area contributed by atoms with E-state index in [4.69, 9.17) is 10.6 Å². The lowest BCUT2D eigenvalue weighted by molar-refractivity contribution is 0.255. The molecular weight excluding hydrogens is 268 g/mol. The molecule has 1 aliphatic rings. The van der Waals surface area contributed by atoms with E-state index in [0.717, 1.165) is 25.2 Å². The second-order valence-corrected chi connectivity index (χ2v) is 6.59. The molecule has 1 aliphatic heterocycles. The van der Waals surface area contributed by atoms with E-state index in [0.29, 0.717) is 5.92 Å². The van der Waals surface area contributed by atoms with Crippen LogP contribution in [0.15, 0.2) is 36.4 Å². The Bertz CT molecular complexity index is 581. The lowest BCUT2D eigenvalue weighted by Gasteiger charge is -2.28. The van der Waals surface area contributed by atoms with E-state index in [2.05, 4.69) is 42.7 Å². The van der Waals surface area contributed by atoms with Gasteiger partial charge < -0.3 is 4.74 Å². The molecule has 2 atom stereocenters. The normalized spacial score (nSPS) is 19.2. The molecule has 0 bridgehead atoms. The largest absolute Gasteiger partial charge is 0.493 e. The van der Waals surface area contributed by atoms with Gasteiger partial charge in [0.1, 0.15) is 5.75 Å². The monoisotopic (exact) mass is 288 g/mol. The number of hydrazine groups is 1. The molecule has 0 radical (unpaired) electrons. The minimum absolute atomic E-state index is 0.213. The Hall–Kier alpha value is -1.36. The second kappa shape index (κ2) is 5.95. The summed E-state index contributed by atoms with van der Waals surface area (Å²) in [6, 6.07) is 12.9. The van der Waals surface area contributed by atoms with Crippen molar-refractivity contribution in [2.45, 2.75) is 31.7 Å². The van der Waals surface area contributed by atoms with Gasteiger partial charge in [-0.1, -0.05) is 18.2 Å². The SMILES string of the molecule is Cc1ccc(C(CC2CCOc3ccccc32)NN)s1. The van der Waals surface area contributed by atoms with Crippen molar-refractivity contribution in [3.05, 3.63) is 51.7 Å².